The molecule has 3 aliphatic heterocycles. The van der Waals surface area contributed by atoms with Gasteiger partial charge >= 0.3 is 0 Å². The fourth-order valence-corrected chi connectivity index (χ4v) is 6.41. The molecule has 9 heteroatoms. The van der Waals surface area contributed by atoms with Crippen molar-refractivity contribution in [1.82, 2.24) is 4.90 Å². The maximum atomic E-state index is 6.48. The summed E-state index contributed by atoms with van der Waals surface area (Å²) in [5.74, 6) is 3.18. The van der Waals surface area contributed by atoms with E-state index in [2.05, 4.69) is 50.9 Å². The van der Waals surface area contributed by atoms with Gasteiger partial charge in [0.1, 0.15) is 0 Å². The number of ether oxygens (including phenoxy) is 4. The number of piperazine rings is 1. The van der Waals surface area contributed by atoms with E-state index in [1.165, 1.54) is 27.8 Å². The first kappa shape index (κ1) is 26.8. The Kier molecular flexibility index (Phi) is 7.29. The maximum absolute atomic E-state index is 6.48. The normalized spacial score (nSPS) is 15.8. The lowest BCUT2D eigenvalue weighted by molar-refractivity contribution is -0.686. The minimum Gasteiger partial charge on any atom is -1.00 e. The molecular weight excluding hydrogens is 549 g/mol. The zero-order chi connectivity index (χ0) is 26.5. The van der Waals surface area contributed by atoms with E-state index in [4.69, 9.17) is 30.5 Å². The Morgan fingerprint density at radius 3 is 2.45 bits per heavy atom. The molecule has 0 bridgehead atoms. The van der Waals surface area contributed by atoms with Crippen LogP contribution in [0.4, 0.5) is 5.69 Å². The Morgan fingerprint density at radius 2 is 1.70 bits per heavy atom. The van der Waals surface area contributed by atoms with Crippen molar-refractivity contribution in [2.24, 2.45) is 0 Å². The average molecular weight is 581 g/mol. The number of hydrogen-bond acceptors (Lipinski definition) is 6. The third-order valence-electron chi connectivity index (χ3n) is 8.17. The number of benzene rings is 3. The highest BCUT2D eigenvalue weighted by atomic mass is 35.5. The van der Waals surface area contributed by atoms with Gasteiger partial charge in [-0.15, -0.1) is 0 Å². The van der Waals surface area contributed by atoms with Gasteiger partial charge in [0.2, 0.25) is 12.5 Å². The summed E-state index contributed by atoms with van der Waals surface area (Å²) in [5, 5.41) is 3.05. The van der Waals surface area contributed by atoms with Crippen molar-refractivity contribution in [3.05, 3.63) is 70.9 Å². The third kappa shape index (κ3) is 4.56. The monoisotopic (exact) mass is 579 g/mol. The molecule has 208 valence electrons. The van der Waals surface area contributed by atoms with Gasteiger partial charge in [0.25, 0.3) is 0 Å². The molecule has 1 saturated heterocycles. The van der Waals surface area contributed by atoms with Gasteiger partial charge in [0.15, 0.2) is 35.7 Å². The van der Waals surface area contributed by atoms with Gasteiger partial charge in [-0.3, -0.25) is 4.90 Å². The molecule has 0 aliphatic carbocycles. The number of nitrogens with zero attached hydrogens (tertiary/aromatic N) is 3. The van der Waals surface area contributed by atoms with E-state index in [9.17, 15) is 0 Å². The van der Waals surface area contributed by atoms with Crippen LogP contribution >= 0.6 is 11.6 Å². The lowest BCUT2D eigenvalue weighted by Crippen LogP contribution is -3.00. The van der Waals surface area contributed by atoms with Gasteiger partial charge < -0.3 is 36.3 Å². The van der Waals surface area contributed by atoms with Gasteiger partial charge in [0, 0.05) is 50.6 Å². The van der Waals surface area contributed by atoms with Crippen molar-refractivity contribution in [2.75, 3.05) is 52.1 Å². The number of aryl methyl sites for hydroxylation is 2. The molecule has 3 aliphatic rings. The van der Waals surface area contributed by atoms with Crippen LogP contribution in [0.2, 0.25) is 5.02 Å². The molecule has 0 N–H and O–H groups in total. The minimum absolute atomic E-state index is 0. The van der Waals surface area contributed by atoms with E-state index in [0.29, 0.717) is 0 Å². The molecular formula is C31H31Cl2N3O4. The Bertz CT molecular complexity index is 1590. The molecule has 7 rings (SSSR count). The summed E-state index contributed by atoms with van der Waals surface area (Å²) in [7, 11) is 3.42. The Labute approximate surface area is 245 Å². The van der Waals surface area contributed by atoms with Crippen molar-refractivity contribution in [2.45, 2.75) is 19.5 Å². The van der Waals surface area contributed by atoms with Crippen LogP contribution in [0.5, 0.6) is 23.0 Å². The lowest BCUT2D eigenvalue weighted by atomic mass is 9.93. The Morgan fingerprint density at radius 1 is 0.925 bits per heavy atom. The van der Waals surface area contributed by atoms with Gasteiger partial charge in [-0.05, 0) is 41.5 Å². The second kappa shape index (κ2) is 10.9. The lowest BCUT2D eigenvalue weighted by Gasteiger charge is -2.36. The molecule has 0 amide bonds. The number of pyridine rings is 1. The van der Waals surface area contributed by atoms with Crippen LogP contribution in [0.1, 0.15) is 11.1 Å². The Hall–Kier alpha value is -3.39. The van der Waals surface area contributed by atoms with E-state index in [0.717, 1.165) is 84.8 Å². The Balaban J connectivity index is 0.00000289. The highest BCUT2D eigenvalue weighted by molar-refractivity contribution is 6.33. The molecule has 0 unspecified atom stereocenters. The average Bonchev–Trinajstić information content (AvgIpc) is 3.43. The quantitative estimate of drug-likeness (QED) is 0.337. The van der Waals surface area contributed by atoms with Crippen LogP contribution in [0, 0.1) is 0 Å². The number of anilines is 1. The zero-order valence-corrected chi connectivity index (χ0v) is 24.1. The van der Waals surface area contributed by atoms with Gasteiger partial charge in [-0.1, -0.05) is 23.7 Å². The standard InChI is InChI=1S/C31H31ClN3O4.ClH/c1-36-30-14-21(17-33-9-11-34(12-10-33)26-6-4-3-5-25(26)32)22-15-27-23-16-29-28(38-19-39-29)13-20(23)7-8-35(27)18-24(22)31(30)37-2;/h3-6,13-16,18H,7-12,17,19H2,1-2H3;1H/q+1;/p-1. The van der Waals surface area contributed by atoms with Gasteiger partial charge in [-0.25, -0.2) is 0 Å². The van der Waals surface area contributed by atoms with Crippen LogP contribution < -0.4 is 40.8 Å². The predicted octanol–water partition coefficient (Wildman–Crippen LogP) is 2.08. The topological polar surface area (TPSA) is 47.3 Å². The van der Waals surface area contributed by atoms with E-state index in [-0.39, 0.29) is 19.2 Å². The van der Waals surface area contributed by atoms with Crippen LogP contribution in [0.15, 0.2) is 54.7 Å². The highest BCUT2D eigenvalue weighted by Gasteiger charge is 2.30. The van der Waals surface area contributed by atoms with E-state index < -0.39 is 0 Å². The summed E-state index contributed by atoms with van der Waals surface area (Å²) >= 11 is 6.48. The molecule has 4 aromatic rings. The molecule has 0 saturated carbocycles. The van der Waals surface area contributed by atoms with E-state index >= 15 is 0 Å². The largest absolute Gasteiger partial charge is 1.00 e. The number of halogens is 2. The van der Waals surface area contributed by atoms with Crippen LogP contribution in [-0.2, 0) is 19.5 Å². The van der Waals surface area contributed by atoms with Crippen molar-refractivity contribution < 1.29 is 35.9 Å². The molecule has 0 spiro atoms. The zero-order valence-electron chi connectivity index (χ0n) is 22.6. The van der Waals surface area contributed by atoms with Crippen molar-refractivity contribution in [1.29, 1.82) is 0 Å². The number of rotatable bonds is 5. The molecule has 3 aromatic carbocycles. The smallest absolute Gasteiger partial charge is 0.231 e. The van der Waals surface area contributed by atoms with Gasteiger partial charge in [-0.2, -0.15) is 4.57 Å². The number of methoxy groups -OCH3 is 2. The summed E-state index contributed by atoms with van der Waals surface area (Å²) < 4.78 is 25.4. The van der Waals surface area contributed by atoms with Crippen LogP contribution in [0.3, 0.4) is 0 Å². The number of fused-ring (bicyclic) bond motifs is 5. The first-order chi connectivity index (χ1) is 19.1. The molecule has 1 fully saturated rings. The summed E-state index contributed by atoms with van der Waals surface area (Å²) in [6, 6.07) is 16.8. The second-order valence-corrected chi connectivity index (χ2v) is 10.7. The number of hydrogen-bond donors (Lipinski definition) is 0. The first-order valence-corrected chi connectivity index (χ1v) is 13.8. The molecule has 0 atom stereocenters. The summed E-state index contributed by atoms with van der Waals surface area (Å²) in [5.41, 5.74) is 6.00. The molecule has 1 aromatic heterocycles. The van der Waals surface area contributed by atoms with Crippen LogP contribution in [-0.4, -0.2) is 52.1 Å². The first-order valence-electron chi connectivity index (χ1n) is 13.4. The molecule has 0 radical (unpaired) electrons. The summed E-state index contributed by atoms with van der Waals surface area (Å²) in [4.78, 5) is 4.88. The highest BCUT2D eigenvalue weighted by Crippen LogP contribution is 2.43. The van der Waals surface area contributed by atoms with Crippen LogP contribution in [0.25, 0.3) is 22.0 Å². The fraction of sp³-hybridized carbons (Fsp3) is 0.323. The molecule has 40 heavy (non-hydrogen) atoms. The summed E-state index contributed by atoms with van der Waals surface area (Å²) in [6.07, 6.45) is 3.16. The fourth-order valence-electron chi connectivity index (χ4n) is 6.15. The number of aromatic nitrogens is 1. The molecule has 4 heterocycles. The van der Waals surface area contributed by atoms with E-state index in [1.54, 1.807) is 14.2 Å². The molecule has 7 nitrogen and oxygen atoms in total. The SMILES string of the molecule is COc1cc(CN2CCN(c3ccccc3Cl)CC2)c2cc3[n+](cc2c1OC)CCc1cc2c(cc1-3)OCO2.[Cl-]. The predicted molar refractivity (Wildman–Crippen MR) is 151 cm³/mol. The second-order valence-electron chi connectivity index (χ2n) is 10.3. The van der Waals surface area contributed by atoms with Gasteiger partial charge in [0.05, 0.1) is 35.9 Å². The van der Waals surface area contributed by atoms with Crippen molar-refractivity contribution in [3.63, 3.8) is 0 Å². The summed E-state index contributed by atoms with van der Waals surface area (Å²) in [6.45, 7) is 5.75. The van der Waals surface area contributed by atoms with Crippen molar-refractivity contribution >= 4 is 28.1 Å². The third-order valence-corrected chi connectivity index (χ3v) is 8.48. The number of para-hydroxylation sites is 1. The maximum Gasteiger partial charge on any atom is 0.231 e. The van der Waals surface area contributed by atoms with E-state index in [1.807, 2.05) is 18.2 Å². The minimum atomic E-state index is 0. The van der Waals surface area contributed by atoms with Crippen molar-refractivity contribution in [3.8, 4) is 34.3 Å².